The van der Waals surface area contributed by atoms with Crippen molar-refractivity contribution in [3.63, 3.8) is 0 Å². The molecule has 2 aliphatic carbocycles. The van der Waals surface area contributed by atoms with Crippen molar-refractivity contribution < 1.29 is 0 Å². The van der Waals surface area contributed by atoms with E-state index in [-0.39, 0.29) is 0 Å². The maximum absolute atomic E-state index is 5.87. The van der Waals surface area contributed by atoms with Crippen LogP contribution in [0.5, 0.6) is 0 Å². The van der Waals surface area contributed by atoms with E-state index in [1.165, 1.54) is 31.4 Å². The highest BCUT2D eigenvalue weighted by molar-refractivity contribution is 6.30. The molecular weight excluding hydrogens is 206 g/mol. The Morgan fingerprint density at radius 2 is 1.53 bits per heavy atom. The Hall–Kier alpha value is -0.690. The average Bonchev–Trinajstić information content (AvgIpc) is 3.11. The topological polar surface area (TPSA) is 12.0 Å². The molecule has 80 valence electrons. The first kappa shape index (κ1) is 9.53. The number of rotatable bonds is 4. The van der Waals surface area contributed by atoms with Gasteiger partial charge in [0, 0.05) is 16.8 Å². The predicted molar refractivity (Wildman–Crippen MR) is 64.3 cm³/mol. The molecule has 0 amide bonds. The van der Waals surface area contributed by atoms with Gasteiger partial charge in [-0.1, -0.05) is 11.6 Å². The fourth-order valence-corrected chi connectivity index (χ4v) is 2.40. The standard InChI is InChI=1S/C13H16ClN/c14-11-5-7-12(8-6-11)15-13(9-1-2-9)10-3-4-10/h5-10,13,15H,1-4H2. The molecule has 0 spiro atoms. The molecule has 0 aliphatic heterocycles. The molecule has 1 nitrogen and oxygen atoms in total. The fourth-order valence-electron chi connectivity index (χ4n) is 2.27. The molecule has 0 atom stereocenters. The van der Waals surface area contributed by atoms with Crippen molar-refractivity contribution in [2.24, 2.45) is 11.8 Å². The Labute approximate surface area is 95.8 Å². The molecule has 3 rings (SSSR count). The van der Waals surface area contributed by atoms with E-state index in [0.29, 0.717) is 0 Å². The van der Waals surface area contributed by atoms with E-state index in [2.05, 4.69) is 17.4 Å². The van der Waals surface area contributed by atoms with Crippen LogP contribution in [0.25, 0.3) is 0 Å². The van der Waals surface area contributed by atoms with Gasteiger partial charge in [-0.2, -0.15) is 0 Å². The SMILES string of the molecule is Clc1ccc(NC(C2CC2)C2CC2)cc1. The zero-order chi connectivity index (χ0) is 10.3. The molecule has 0 radical (unpaired) electrons. The second-order valence-corrected chi connectivity index (χ2v) is 5.29. The zero-order valence-electron chi connectivity index (χ0n) is 8.75. The fraction of sp³-hybridized carbons (Fsp3) is 0.538. The normalized spacial score (nSPS) is 20.7. The van der Waals surface area contributed by atoms with Crippen LogP contribution in [0, 0.1) is 11.8 Å². The zero-order valence-corrected chi connectivity index (χ0v) is 9.50. The maximum atomic E-state index is 5.87. The Balaban J connectivity index is 1.69. The summed E-state index contributed by atoms with van der Waals surface area (Å²) < 4.78 is 0. The summed E-state index contributed by atoms with van der Waals surface area (Å²) in [5, 5.41) is 4.49. The van der Waals surface area contributed by atoms with Crippen molar-refractivity contribution in [1.82, 2.24) is 0 Å². The second kappa shape index (κ2) is 3.71. The van der Waals surface area contributed by atoms with E-state index in [9.17, 15) is 0 Å². The summed E-state index contributed by atoms with van der Waals surface area (Å²) in [6.07, 6.45) is 5.67. The molecule has 0 bridgehead atoms. The van der Waals surface area contributed by atoms with Gasteiger partial charge in [0.2, 0.25) is 0 Å². The van der Waals surface area contributed by atoms with Crippen LogP contribution in [0.4, 0.5) is 5.69 Å². The van der Waals surface area contributed by atoms with E-state index in [1.807, 2.05) is 12.1 Å². The lowest BCUT2D eigenvalue weighted by Gasteiger charge is -2.18. The van der Waals surface area contributed by atoms with Gasteiger partial charge >= 0.3 is 0 Å². The number of nitrogens with one attached hydrogen (secondary N) is 1. The Kier molecular flexibility index (Phi) is 2.36. The molecule has 0 aromatic heterocycles. The van der Waals surface area contributed by atoms with Gasteiger partial charge in [0.25, 0.3) is 0 Å². The number of benzene rings is 1. The highest BCUT2D eigenvalue weighted by Gasteiger charge is 2.41. The third-order valence-corrected chi connectivity index (χ3v) is 3.69. The molecule has 2 heteroatoms. The summed E-state index contributed by atoms with van der Waals surface area (Å²) in [7, 11) is 0. The van der Waals surface area contributed by atoms with Crippen LogP contribution in [0.1, 0.15) is 25.7 Å². The summed E-state index contributed by atoms with van der Waals surface area (Å²) in [5.74, 6) is 1.88. The van der Waals surface area contributed by atoms with E-state index < -0.39 is 0 Å². The molecule has 0 unspecified atom stereocenters. The maximum Gasteiger partial charge on any atom is 0.0407 e. The first-order valence-electron chi connectivity index (χ1n) is 5.85. The number of hydrogen-bond donors (Lipinski definition) is 1. The quantitative estimate of drug-likeness (QED) is 0.812. The van der Waals surface area contributed by atoms with Crippen molar-refractivity contribution >= 4 is 17.3 Å². The Bertz CT molecular complexity index is 326. The minimum absolute atomic E-state index is 0.728. The van der Waals surface area contributed by atoms with Gasteiger partial charge in [0.15, 0.2) is 0 Å². The molecule has 1 aromatic carbocycles. The Morgan fingerprint density at radius 3 is 2.00 bits per heavy atom. The van der Waals surface area contributed by atoms with Crippen molar-refractivity contribution in [1.29, 1.82) is 0 Å². The van der Waals surface area contributed by atoms with Crippen molar-refractivity contribution in [2.45, 2.75) is 31.7 Å². The van der Waals surface area contributed by atoms with Crippen molar-refractivity contribution in [3.05, 3.63) is 29.3 Å². The molecule has 1 aromatic rings. The van der Waals surface area contributed by atoms with Crippen LogP contribution in [0.2, 0.25) is 5.02 Å². The van der Waals surface area contributed by atoms with Crippen molar-refractivity contribution in [2.75, 3.05) is 5.32 Å². The summed E-state index contributed by atoms with van der Waals surface area (Å²) in [6.45, 7) is 0. The van der Waals surface area contributed by atoms with E-state index >= 15 is 0 Å². The lowest BCUT2D eigenvalue weighted by atomic mass is 10.1. The second-order valence-electron chi connectivity index (χ2n) is 4.85. The summed E-state index contributed by atoms with van der Waals surface area (Å²) in [4.78, 5) is 0. The number of halogens is 1. The van der Waals surface area contributed by atoms with Gasteiger partial charge in [-0.3, -0.25) is 0 Å². The predicted octanol–water partition coefficient (Wildman–Crippen LogP) is 3.94. The number of anilines is 1. The third-order valence-electron chi connectivity index (χ3n) is 3.44. The van der Waals surface area contributed by atoms with Gasteiger partial charge in [-0.05, 0) is 61.8 Å². The van der Waals surface area contributed by atoms with E-state index in [1.54, 1.807) is 0 Å². The van der Waals surface area contributed by atoms with Crippen LogP contribution >= 0.6 is 11.6 Å². The first-order valence-corrected chi connectivity index (χ1v) is 6.23. The van der Waals surface area contributed by atoms with Gasteiger partial charge in [-0.15, -0.1) is 0 Å². The highest BCUT2D eigenvalue weighted by atomic mass is 35.5. The minimum atomic E-state index is 0.728. The van der Waals surface area contributed by atoms with Crippen LogP contribution in [0.15, 0.2) is 24.3 Å². The number of hydrogen-bond acceptors (Lipinski definition) is 1. The Morgan fingerprint density at radius 1 is 1.00 bits per heavy atom. The van der Waals surface area contributed by atoms with Crippen molar-refractivity contribution in [3.8, 4) is 0 Å². The molecule has 0 saturated heterocycles. The van der Waals surface area contributed by atoms with Crippen LogP contribution in [0.3, 0.4) is 0 Å². The molecule has 2 fully saturated rings. The molecule has 15 heavy (non-hydrogen) atoms. The minimum Gasteiger partial charge on any atom is -0.382 e. The van der Waals surface area contributed by atoms with Gasteiger partial charge in [0.1, 0.15) is 0 Å². The van der Waals surface area contributed by atoms with E-state index in [4.69, 9.17) is 11.6 Å². The summed E-state index contributed by atoms with van der Waals surface area (Å²) >= 11 is 5.87. The largest absolute Gasteiger partial charge is 0.382 e. The molecule has 2 saturated carbocycles. The van der Waals surface area contributed by atoms with Crippen LogP contribution in [-0.2, 0) is 0 Å². The molecular formula is C13H16ClN. The first-order chi connectivity index (χ1) is 7.33. The molecule has 2 aliphatic rings. The van der Waals surface area contributed by atoms with Gasteiger partial charge in [0.05, 0.1) is 0 Å². The van der Waals surface area contributed by atoms with E-state index in [0.717, 1.165) is 22.9 Å². The summed E-state index contributed by atoms with van der Waals surface area (Å²) in [5.41, 5.74) is 1.23. The average molecular weight is 222 g/mol. The lowest BCUT2D eigenvalue weighted by molar-refractivity contribution is 0.568. The monoisotopic (exact) mass is 221 g/mol. The van der Waals surface area contributed by atoms with Gasteiger partial charge < -0.3 is 5.32 Å². The lowest BCUT2D eigenvalue weighted by Crippen LogP contribution is -2.24. The third kappa shape index (κ3) is 2.28. The van der Waals surface area contributed by atoms with Crippen LogP contribution < -0.4 is 5.32 Å². The smallest absolute Gasteiger partial charge is 0.0407 e. The molecule has 0 heterocycles. The van der Waals surface area contributed by atoms with Crippen LogP contribution in [-0.4, -0.2) is 6.04 Å². The summed E-state index contributed by atoms with van der Waals surface area (Å²) in [6, 6.07) is 8.81. The van der Waals surface area contributed by atoms with Gasteiger partial charge in [-0.25, -0.2) is 0 Å². The molecule has 1 N–H and O–H groups in total. The highest BCUT2D eigenvalue weighted by Crippen LogP contribution is 2.45.